The Hall–Kier alpha value is -3.66. The standard InChI is InChI=1S/C30H31O4.ClHO4/c1-4-5-6-19-33-28-17-7-22(8-18-28)25-20-29(23-9-13-26(31-2)14-10-23)34-30(21-25)24-11-15-27(32-3)16-12-24;2-1(3,4)5/h7-18,20-21H,4-6,19H2,1-3H3;(H,2,3,4,5)/q+1;/p-1. The smallest absolute Gasteiger partial charge is 0.361 e. The van der Waals surface area contributed by atoms with Gasteiger partial charge in [-0.3, -0.25) is 0 Å². The Kier molecular flexibility index (Phi) is 11.1. The van der Waals surface area contributed by atoms with Gasteiger partial charge >= 0.3 is 11.5 Å². The SMILES string of the molecule is CCCCCOc1ccc(-c2cc(-c3ccc(OC)cc3)[o+]c(-c3ccc(OC)cc3)c2)cc1.[O-][Cl+3]([O-])([O-])[O-]. The van der Waals surface area contributed by atoms with E-state index in [1.807, 2.05) is 60.7 Å². The van der Waals surface area contributed by atoms with E-state index in [0.29, 0.717) is 0 Å². The molecule has 0 aliphatic carbocycles. The Morgan fingerprint density at radius 2 is 1.00 bits per heavy atom. The van der Waals surface area contributed by atoms with Gasteiger partial charge in [0, 0.05) is 5.56 Å². The highest BCUT2D eigenvalue weighted by atomic mass is 35.7. The molecule has 0 N–H and O–H groups in total. The number of hydrogen-bond donors (Lipinski definition) is 0. The Balaban J connectivity index is 0.000000771. The molecule has 206 valence electrons. The van der Waals surface area contributed by atoms with Crippen LogP contribution in [-0.2, 0) is 0 Å². The molecule has 0 saturated heterocycles. The van der Waals surface area contributed by atoms with Crippen LogP contribution in [0.2, 0.25) is 0 Å². The van der Waals surface area contributed by atoms with Crippen molar-refractivity contribution >= 4 is 0 Å². The third-order valence-corrected chi connectivity index (χ3v) is 5.75. The van der Waals surface area contributed by atoms with Crippen LogP contribution in [0.1, 0.15) is 26.2 Å². The first kappa shape index (κ1) is 29.9. The molecule has 0 aliphatic rings. The molecule has 3 aromatic carbocycles. The number of hydrogen-bond acceptors (Lipinski definition) is 7. The van der Waals surface area contributed by atoms with E-state index >= 15 is 0 Å². The number of unbranched alkanes of at least 4 members (excludes halogenated alkanes) is 2. The van der Waals surface area contributed by atoms with Gasteiger partial charge in [-0.25, -0.2) is 23.1 Å². The summed E-state index contributed by atoms with van der Waals surface area (Å²) < 4.78 is 56.8. The van der Waals surface area contributed by atoms with Crippen molar-refractivity contribution in [2.24, 2.45) is 0 Å². The van der Waals surface area contributed by atoms with Crippen molar-refractivity contribution < 1.29 is 47.5 Å². The lowest BCUT2D eigenvalue weighted by molar-refractivity contribution is -2.00. The van der Waals surface area contributed by atoms with E-state index in [9.17, 15) is 0 Å². The second kappa shape index (κ2) is 14.5. The van der Waals surface area contributed by atoms with Gasteiger partial charge in [0.2, 0.25) is 0 Å². The Labute approximate surface area is 230 Å². The van der Waals surface area contributed by atoms with Gasteiger partial charge in [-0.15, -0.1) is 10.2 Å². The maximum atomic E-state index is 8.49. The summed E-state index contributed by atoms with van der Waals surface area (Å²) in [6, 6.07) is 28.2. The number of halogens is 1. The van der Waals surface area contributed by atoms with Crippen LogP contribution >= 0.6 is 0 Å². The van der Waals surface area contributed by atoms with Crippen LogP contribution < -0.4 is 32.8 Å². The van der Waals surface area contributed by atoms with Crippen molar-refractivity contribution in [3.05, 3.63) is 84.9 Å². The van der Waals surface area contributed by atoms with Crippen molar-refractivity contribution in [2.45, 2.75) is 26.2 Å². The zero-order chi connectivity index (χ0) is 28.3. The highest BCUT2D eigenvalue weighted by molar-refractivity contribution is 5.75. The topological polar surface area (TPSA) is 131 Å². The van der Waals surface area contributed by atoms with Gasteiger partial charge in [0.25, 0.3) is 0 Å². The molecule has 0 fully saturated rings. The largest absolute Gasteiger partial charge is 0.497 e. The van der Waals surface area contributed by atoms with E-state index in [0.717, 1.165) is 64.1 Å². The lowest BCUT2D eigenvalue weighted by atomic mass is 10.0. The van der Waals surface area contributed by atoms with E-state index in [-0.39, 0.29) is 0 Å². The van der Waals surface area contributed by atoms with Crippen LogP contribution in [-0.4, -0.2) is 20.8 Å². The Bertz CT molecular complexity index is 1210. The van der Waals surface area contributed by atoms with Crippen molar-refractivity contribution in [3.63, 3.8) is 0 Å². The molecular formula is C30H31ClO8. The average Bonchev–Trinajstić information content (AvgIpc) is 2.94. The maximum Gasteiger partial charge on any atom is 0.361 e. The third-order valence-electron chi connectivity index (χ3n) is 5.75. The van der Waals surface area contributed by atoms with Gasteiger partial charge in [0.15, 0.2) is 0 Å². The molecule has 0 spiro atoms. The fraction of sp³-hybridized carbons (Fsp3) is 0.233. The minimum absolute atomic E-state index is 0.751. The summed E-state index contributed by atoms with van der Waals surface area (Å²) in [7, 11) is -1.61. The van der Waals surface area contributed by atoms with Gasteiger partial charge in [-0.05, 0) is 72.6 Å². The fourth-order valence-electron chi connectivity index (χ4n) is 3.75. The predicted molar refractivity (Wildman–Crippen MR) is 138 cm³/mol. The van der Waals surface area contributed by atoms with E-state index in [2.05, 4.69) is 31.2 Å². The molecule has 1 aromatic heterocycles. The quantitative estimate of drug-likeness (QED) is 0.215. The summed E-state index contributed by atoms with van der Waals surface area (Å²) >= 11 is 0. The number of ether oxygens (including phenoxy) is 3. The molecule has 0 aliphatic heterocycles. The highest BCUT2D eigenvalue weighted by Gasteiger charge is 2.21. The Morgan fingerprint density at radius 3 is 1.41 bits per heavy atom. The van der Waals surface area contributed by atoms with E-state index < -0.39 is 10.2 Å². The summed E-state index contributed by atoms with van der Waals surface area (Å²) in [5, 5.41) is 0. The summed E-state index contributed by atoms with van der Waals surface area (Å²) in [6.45, 7) is 2.95. The Morgan fingerprint density at radius 1 is 0.590 bits per heavy atom. The average molecular weight is 555 g/mol. The zero-order valence-corrected chi connectivity index (χ0v) is 22.8. The van der Waals surface area contributed by atoms with Crippen LogP contribution in [0.5, 0.6) is 17.2 Å². The molecule has 0 amide bonds. The molecule has 0 unspecified atom stereocenters. The molecule has 39 heavy (non-hydrogen) atoms. The molecule has 4 rings (SSSR count). The summed E-state index contributed by atoms with van der Waals surface area (Å²) in [5.41, 5.74) is 4.13. The normalized spacial score (nSPS) is 10.8. The second-order valence-corrected chi connectivity index (χ2v) is 9.25. The maximum absolute atomic E-state index is 8.49. The first-order chi connectivity index (χ1) is 18.7. The summed E-state index contributed by atoms with van der Waals surface area (Å²) in [6.07, 6.45) is 3.46. The second-order valence-electron chi connectivity index (χ2n) is 8.49. The molecule has 8 nitrogen and oxygen atoms in total. The van der Waals surface area contributed by atoms with Crippen LogP contribution in [0.3, 0.4) is 0 Å². The number of rotatable bonds is 10. The minimum Gasteiger partial charge on any atom is -0.497 e. The zero-order valence-electron chi connectivity index (χ0n) is 22.1. The lowest BCUT2D eigenvalue weighted by Crippen LogP contribution is -2.68. The van der Waals surface area contributed by atoms with Crippen LogP contribution in [0.25, 0.3) is 33.8 Å². The van der Waals surface area contributed by atoms with E-state index in [1.54, 1.807) is 14.2 Å². The van der Waals surface area contributed by atoms with E-state index in [4.69, 9.17) is 37.3 Å². The van der Waals surface area contributed by atoms with Gasteiger partial charge in [0.1, 0.15) is 17.2 Å². The van der Waals surface area contributed by atoms with Gasteiger partial charge in [0.05, 0.1) is 44.1 Å². The monoisotopic (exact) mass is 554 g/mol. The molecule has 9 heteroatoms. The third kappa shape index (κ3) is 9.86. The van der Waals surface area contributed by atoms with Crippen molar-refractivity contribution in [3.8, 4) is 51.0 Å². The summed E-state index contributed by atoms with van der Waals surface area (Å²) in [5.74, 6) is 4.08. The van der Waals surface area contributed by atoms with Gasteiger partial charge in [-0.1, -0.05) is 31.9 Å². The van der Waals surface area contributed by atoms with E-state index in [1.165, 1.54) is 12.8 Å². The number of methoxy groups -OCH3 is 2. The molecule has 4 aromatic rings. The van der Waals surface area contributed by atoms with Gasteiger partial charge < -0.3 is 14.2 Å². The minimum atomic E-state index is -4.94. The predicted octanol–water partition coefficient (Wildman–Crippen LogP) is 3.39. The van der Waals surface area contributed by atoms with Crippen LogP contribution in [0, 0.1) is 10.2 Å². The van der Waals surface area contributed by atoms with Gasteiger partial charge in [-0.2, -0.15) is 0 Å². The highest BCUT2D eigenvalue weighted by Crippen LogP contribution is 2.34. The molecule has 0 saturated carbocycles. The first-order valence-electron chi connectivity index (χ1n) is 12.3. The molecule has 0 radical (unpaired) electrons. The van der Waals surface area contributed by atoms with Crippen molar-refractivity contribution in [1.82, 2.24) is 0 Å². The molecule has 0 bridgehead atoms. The fourth-order valence-corrected chi connectivity index (χ4v) is 3.75. The van der Waals surface area contributed by atoms with Crippen LogP contribution in [0.4, 0.5) is 0 Å². The lowest BCUT2D eigenvalue weighted by Gasteiger charge is -2.17. The van der Waals surface area contributed by atoms with Crippen molar-refractivity contribution in [2.75, 3.05) is 20.8 Å². The molecule has 0 atom stereocenters. The van der Waals surface area contributed by atoms with Crippen LogP contribution in [0.15, 0.2) is 89.3 Å². The number of benzene rings is 3. The molecular weight excluding hydrogens is 524 g/mol. The first-order valence-corrected chi connectivity index (χ1v) is 13.6. The molecule has 1 heterocycles. The summed E-state index contributed by atoms with van der Waals surface area (Å²) in [4.78, 5) is 0. The van der Waals surface area contributed by atoms with Crippen molar-refractivity contribution in [1.29, 1.82) is 0 Å².